The topological polar surface area (TPSA) is 93.4 Å². The Morgan fingerprint density at radius 1 is 1.29 bits per heavy atom. The molecule has 6 nitrogen and oxygen atoms in total. The first-order chi connectivity index (χ1) is 9.74. The summed E-state index contributed by atoms with van der Waals surface area (Å²) in [5, 5.41) is 5.73. The fourth-order valence-corrected chi connectivity index (χ4v) is 1.78. The lowest BCUT2D eigenvalue weighted by Gasteiger charge is -2.21. The molecule has 4 N–H and O–H groups in total. The van der Waals surface area contributed by atoms with Crippen LogP contribution in [-0.4, -0.2) is 30.6 Å². The zero-order valence-electron chi connectivity index (χ0n) is 12.9. The summed E-state index contributed by atoms with van der Waals surface area (Å²) in [7, 11) is 0. The number of hydrogen-bond donors (Lipinski definition) is 3. The van der Waals surface area contributed by atoms with Gasteiger partial charge >= 0.3 is 5.97 Å². The molecule has 0 spiro atoms. The Kier molecular flexibility index (Phi) is 5.58. The molecule has 0 fully saturated rings. The SMILES string of the molecule is CCOC(=O)c1cccc(N)c1NCC(=O)NC(C)(C)C. The summed E-state index contributed by atoms with van der Waals surface area (Å²) in [6, 6.07) is 4.94. The van der Waals surface area contributed by atoms with Crippen LogP contribution in [0.25, 0.3) is 0 Å². The number of rotatable bonds is 5. The van der Waals surface area contributed by atoms with Gasteiger partial charge in [0, 0.05) is 5.54 Å². The molecule has 0 bridgehead atoms. The fourth-order valence-electron chi connectivity index (χ4n) is 1.78. The minimum atomic E-state index is -0.469. The lowest BCUT2D eigenvalue weighted by molar-refractivity contribution is -0.120. The van der Waals surface area contributed by atoms with Gasteiger partial charge < -0.3 is 21.1 Å². The van der Waals surface area contributed by atoms with Crippen molar-refractivity contribution in [1.82, 2.24) is 5.32 Å². The van der Waals surface area contributed by atoms with Gasteiger partial charge in [0.1, 0.15) is 0 Å². The highest BCUT2D eigenvalue weighted by atomic mass is 16.5. The van der Waals surface area contributed by atoms with E-state index in [9.17, 15) is 9.59 Å². The van der Waals surface area contributed by atoms with E-state index in [1.807, 2.05) is 20.8 Å². The number of nitrogens with two attached hydrogens (primary N) is 1. The number of anilines is 2. The van der Waals surface area contributed by atoms with Crippen molar-refractivity contribution in [3.8, 4) is 0 Å². The molecule has 1 rings (SSSR count). The Hall–Kier alpha value is -2.24. The van der Waals surface area contributed by atoms with Gasteiger partial charge in [-0.1, -0.05) is 6.07 Å². The van der Waals surface area contributed by atoms with E-state index < -0.39 is 5.97 Å². The van der Waals surface area contributed by atoms with Gasteiger partial charge in [-0.15, -0.1) is 0 Å². The molecule has 0 aliphatic heterocycles. The zero-order valence-corrected chi connectivity index (χ0v) is 12.9. The highest BCUT2D eigenvalue weighted by Crippen LogP contribution is 2.24. The highest BCUT2D eigenvalue weighted by Gasteiger charge is 2.17. The first-order valence-electron chi connectivity index (χ1n) is 6.85. The molecule has 1 aromatic rings. The monoisotopic (exact) mass is 293 g/mol. The van der Waals surface area contributed by atoms with Crippen molar-refractivity contribution in [3.05, 3.63) is 23.8 Å². The van der Waals surface area contributed by atoms with Gasteiger partial charge in [-0.25, -0.2) is 4.79 Å². The van der Waals surface area contributed by atoms with Crippen molar-refractivity contribution in [2.45, 2.75) is 33.2 Å². The number of nitrogens with one attached hydrogen (secondary N) is 2. The number of carbonyl (C=O) groups excluding carboxylic acids is 2. The van der Waals surface area contributed by atoms with E-state index in [0.29, 0.717) is 16.9 Å². The summed E-state index contributed by atoms with van der Waals surface area (Å²) < 4.78 is 4.98. The first-order valence-corrected chi connectivity index (χ1v) is 6.85. The third-order valence-corrected chi connectivity index (χ3v) is 2.53. The molecule has 0 heterocycles. The molecule has 0 aliphatic carbocycles. The normalized spacial score (nSPS) is 10.9. The molecule has 0 atom stereocenters. The fraction of sp³-hybridized carbons (Fsp3) is 0.467. The number of hydrogen-bond acceptors (Lipinski definition) is 5. The smallest absolute Gasteiger partial charge is 0.340 e. The molecule has 1 amide bonds. The van der Waals surface area contributed by atoms with Crippen LogP contribution in [0.5, 0.6) is 0 Å². The number of ether oxygens (including phenoxy) is 1. The van der Waals surface area contributed by atoms with E-state index in [1.54, 1.807) is 25.1 Å². The molecular formula is C15H23N3O3. The number of nitrogen functional groups attached to an aromatic ring is 1. The van der Waals surface area contributed by atoms with E-state index in [1.165, 1.54) is 0 Å². The standard InChI is InChI=1S/C15H23N3O3/c1-5-21-14(20)10-7-6-8-11(16)13(10)17-9-12(19)18-15(2,3)4/h6-8,17H,5,9,16H2,1-4H3,(H,18,19). The Bertz CT molecular complexity index is 521. The molecule has 0 saturated heterocycles. The van der Waals surface area contributed by atoms with Crippen molar-refractivity contribution >= 4 is 23.3 Å². The Balaban J connectivity index is 2.83. The Morgan fingerprint density at radius 3 is 2.52 bits per heavy atom. The second-order valence-corrected chi connectivity index (χ2v) is 5.64. The molecule has 116 valence electrons. The van der Waals surface area contributed by atoms with E-state index in [4.69, 9.17) is 10.5 Å². The second kappa shape index (κ2) is 6.97. The van der Waals surface area contributed by atoms with Crippen LogP contribution in [0.15, 0.2) is 18.2 Å². The first kappa shape index (κ1) is 16.8. The maximum atomic E-state index is 11.9. The van der Waals surface area contributed by atoms with Crippen LogP contribution in [-0.2, 0) is 9.53 Å². The number of benzene rings is 1. The molecule has 0 unspecified atom stereocenters. The van der Waals surface area contributed by atoms with E-state index in [2.05, 4.69) is 10.6 Å². The lowest BCUT2D eigenvalue weighted by atomic mass is 10.1. The average molecular weight is 293 g/mol. The summed E-state index contributed by atoms with van der Waals surface area (Å²) in [5.74, 6) is -0.649. The van der Waals surface area contributed by atoms with Gasteiger partial charge in [0.2, 0.25) is 5.91 Å². The van der Waals surface area contributed by atoms with Crippen LogP contribution in [0, 0.1) is 0 Å². The minimum Gasteiger partial charge on any atom is -0.462 e. The number of para-hydroxylation sites is 1. The predicted molar refractivity (Wildman–Crippen MR) is 83.2 cm³/mol. The number of esters is 1. The third kappa shape index (κ3) is 5.33. The average Bonchev–Trinajstić information content (AvgIpc) is 2.35. The van der Waals surface area contributed by atoms with Crippen molar-refractivity contribution in [1.29, 1.82) is 0 Å². The second-order valence-electron chi connectivity index (χ2n) is 5.64. The Morgan fingerprint density at radius 2 is 1.95 bits per heavy atom. The van der Waals surface area contributed by atoms with E-state index in [0.717, 1.165) is 0 Å². The van der Waals surface area contributed by atoms with Crippen LogP contribution in [0.3, 0.4) is 0 Å². The summed E-state index contributed by atoms with van der Waals surface area (Å²) in [4.78, 5) is 23.7. The molecule has 21 heavy (non-hydrogen) atoms. The van der Waals surface area contributed by atoms with Crippen molar-refractivity contribution in [2.24, 2.45) is 0 Å². The minimum absolute atomic E-state index is 0.0257. The molecule has 0 aliphatic rings. The van der Waals surface area contributed by atoms with Crippen LogP contribution in [0.2, 0.25) is 0 Å². The van der Waals surface area contributed by atoms with E-state index in [-0.39, 0.29) is 24.6 Å². The van der Waals surface area contributed by atoms with Gasteiger partial charge in [0.15, 0.2) is 0 Å². The van der Waals surface area contributed by atoms with Gasteiger partial charge in [-0.05, 0) is 39.8 Å². The van der Waals surface area contributed by atoms with Crippen LogP contribution >= 0.6 is 0 Å². The van der Waals surface area contributed by atoms with Crippen LogP contribution in [0.1, 0.15) is 38.1 Å². The number of carbonyl (C=O) groups is 2. The quantitative estimate of drug-likeness (QED) is 0.568. The summed E-state index contributed by atoms with van der Waals surface area (Å²) >= 11 is 0. The zero-order chi connectivity index (χ0) is 16.0. The van der Waals surface area contributed by atoms with E-state index >= 15 is 0 Å². The largest absolute Gasteiger partial charge is 0.462 e. The summed E-state index contributed by atoms with van der Waals surface area (Å²) in [5.41, 5.74) is 6.68. The van der Waals surface area contributed by atoms with Crippen LogP contribution in [0.4, 0.5) is 11.4 Å². The van der Waals surface area contributed by atoms with Crippen molar-refractivity contribution in [2.75, 3.05) is 24.2 Å². The summed E-state index contributed by atoms with van der Waals surface area (Å²) in [6.07, 6.45) is 0. The lowest BCUT2D eigenvalue weighted by Crippen LogP contribution is -2.43. The molecule has 6 heteroatoms. The van der Waals surface area contributed by atoms with Gasteiger partial charge in [-0.2, -0.15) is 0 Å². The van der Waals surface area contributed by atoms with Gasteiger partial charge in [0.25, 0.3) is 0 Å². The molecule has 0 saturated carbocycles. The number of amides is 1. The van der Waals surface area contributed by atoms with Gasteiger partial charge in [-0.3, -0.25) is 4.79 Å². The molecule has 0 aromatic heterocycles. The maximum Gasteiger partial charge on any atom is 0.340 e. The maximum absolute atomic E-state index is 11.9. The predicted octanol–water partition coefficient (Wildman–Crippen LogP) is 1.77. The van der Waals surface area contributed by atoms with Crippen molar-refractivity contribution in [3.63, 3.8) is 0 Å². The Labute approximate surface area is 125 Å². The molecular weight excluding hydrogens is 270 g/mol. The molecule has 1 aromatic carbocycles. The third-order valence-electron chi connectivity index (χ3n) is 2.53. The molecule has 0 radical (unpaired) electrons. The van der Waals surface area contributed by atoms with Crippen LogP contribution < -0.4 is 16.4 Å². The summed E-state index contributed by atoms with van der Waals surface area (Å²) in [6.45, 7) is 7.72. The highest BCUT2D eigenvalue weighted by molar-refractivity contribution is 5.99. The van der Waals surface area contributed by atoms with Crippen molar-refractivity contribution < 1.29 is 14.3 Å². The van der Waals surface area contributed by atoms with Gasteiger partial charge in [0.05, 0.1) is 30.1 Å².